The second kappa shape index (κ2) is 6.92. The maximum absolute atomic E-state index is 12.3. The van der Waals surface area contributed by atoms with E-state index in [2.05, 4.69) is 12.2 Å². The molecule has 2 unspecified atom stereocenters. The highest BCUT2D eigenvalue weighted by molar-refractivity contribution is 5.86. The molecule has 0 saturated carbocycles. The Bertz CT molecular complexity index is 355. The van der Waals surface area contributed by atoms with Crippen LogP contribution in [0, 0.1) is 5.92 Å². The molecule has 0 spiro atoms. The van der Waals surface area contributed by atoms with E-state index < -0.39 is 11.5 Å². The summed E-state index contributed by atoms with van der Waals surface area (Å²) in [6.07, 6.45) is 1.60. The van der Waals surface area contributed by atoms with Crippen LogP contribution in [0.3, 0.4) is 0 Å². The highest BCUT2D eigenvalue weighted by Gasteiger charge is 2.38. The molecule has 0 radical (unpaired) electrons. The average Bonchev–Trinajstić information content (AvgIpc) is 2.44. The summed E-state index contributed by atoms with van der Waals surface area (Å²) in [7, 11) is 1.64. The Labute approximate surface area is 120 Å². The van der Waals surface area contributed by atoms with Crippen molar-refractivity contribution in [1.29, 1.82) is 0 Å². The average molecular weight is 286 g/mol. The van der Waals surface area contributed by atoms with E-state index in [1.54, 1.807) is 25.9 Å². The third kappa shape index (κ3) is 3.42. The Morgan fingerprint density at radius 2 is 2.00 bits per heavy atom. The van der Waals surface area contributed by atoms with Crippen molar-refractivity contribution in [2.24, 2.45) is 5.92 Å². The largest absolute Gasteiger partial charge is 0.480 e. The Kier molecular flexibility index (Phi) is 5.80. The van der Waals surface area contributed by atoms with E-state index in [9.17, 15) is 14.7 Å². The van der Waals surface area contributed by atoms with Gasteiger partial charge in [0.15, 0.2) is 0 Å². The summed E-state index contributed by atoms with van der Waals surface area (Å²) < 4.78 is 5.38. The van der Waals surface area contributed by atoms with Gasteiger partial charge in [0.1, 0.15) is 5.54 Å². The van der Waals surface area contributed by atoms with Crippen molar-refractivity contribution in [3.8, 4) is 0 Å². The molecule has 0 aromatic heterocycles. The molecule has 20 heavy (non-hydrogen) atoms. The molecule has 6 heteroatoms. The number of piperidine rings is 1. The second-order valence-electron chi connectivity index (χ2n) is 5.51. The minimum atomic E-state index is -1.18. The number of methoxy groups -OCH3 is 1. The number of likely N-dealkylation sites (tertiary alicyclic amines) is 1. The Morgan fingerprint density at radius 3 is 2.45 bits per heavy atom. The summed E-state index contributed by atoms with van der Waals surface area (Å²) in [6.45, 7) is 6.79. The molecule has 1 aliphatic heterocycles. The minimum absolute atomic E-state index is 0.0111. The van der Waals surface area contributed by atoms with Gasteiger partial charge in [0, 0.05) is 20.2 Å². The van der Waals surface area contributed by atoms with Crippen LogP contribution in [0.1, 0.15) is 40.0 Å². The van der Waals surface area contributed by atoms with E-state index in [0.717, 1.165) is 6.42 Å². The molecule has 0 aromatic rings. The van der Waals surface area contributed by atoms with Crippen LogP contribution in [-0.4, -0.2) is 53.8 Å². The second-order valence-corrected chi connectivity index (χ2v) is 5.51. The van der Waals surface area contributed by atoms with Gasteiger partial charge < -0.3 is 20.1 Å². The summed E-state index contributed by atoms with van der Waals surface area (Å²) in [4.78, 5) is 25.4. The number of urea groups is 1. The molecule has 116 valence electrons. The summed E-state index contributed by atoms with van der Waals surface area (Å²) in [6, 6.07) is -0.315. The number of hydrogen-bond acceptors (Lipinski definition) is 3. The number of rotatable bonds is 5. The van der Waals surface area contributed by atoms with Gasteiger partial charge in [-0.25, -0.2) is 9.59 Å². The standard InChI is InChI=1S/C14H26N2O4/c1-5-14(6-2,12(17)18)15-13(19)16-8-7-10(3)11(9-16)20-4/h10-11H,5-9H2,1-4H3,(H,15,19)(H,17,18). The number of ether oxygens (including phenoxy) is 1. The van der Waals surface area contributed by atoms with E-state index >= 15 is 0 Å². The molecule has 1 saturated heterocycles. The number of amides is 2. The third-order valence-electron chi connectivity index (χ3n) is 4.44. The number of nitrogens with zero attached hydrogens (tertiary/aromatic N) is 1. The zero-order chi connectivity index (χ0) is 15.3. The zero-order valence-corrected chi connectivity index (χ0v) is 12.8. The number of nitrogens with one attached hydrogen (secondary N) is 1. The predicted molar refractivity (Wildman–Crippen MR) is 75.6 cm³/mol. The van der Waals surface area contributed by atoms with E-state index in [1.807, 2.05) is 0 Å². The maximum Gasteiger partial charge on any atom is 0.329 e. The lowest BCUT2D eigenvalue weighted by Gasteiger charge is -2.38. The topological polar surface area (TPSA) is 78.9 Å². The number of carboxylic acids is 1. The number of carboxylic acid groups (broad SMARTS) is 1. The van der Waals surface area contributed by atoms with Gasteiger partial charge in [0.25, 0.3) is 0 Å². The lowest BCUT2D eigenvalue weighted by molar-refractivity contribution is -0.144. The van der Waals surface area contributed by atoms with E-state index in [0.29, 0.717) is 31.8 Å². The van der Waals surface area contributed by atoms with Crippen molar-refractivity contribution in [3.05, 3.63) is 0 Å². The van der Waals surface area contributed by atoms with Crippen LogP contribution in [0.2, 0.25) is 0 Å². The first kappa shape index (κ1) is 16.8. The zero-order valence-electron chi connectivity index (χ0n) is 12.8. The van der Waals surface area contributed by atoms with Gasteiger partial charge in [0.05, 0.1) is 6.10 Å². The Balaban J connectivity index is 2.73. The smallest absolute Gasteiger partial charge is 0.329 e. The highest BCUT2D eigenvalue weighted by atomic mass is 16.5. The number of aliphatic carboxylic acids is 1. The molecule has 2 amide bonds. The van der Waals surface area contributed by atoms with E-state index in [-0.39, 0.29) is 12.1 Å². The van der Waals surface area contributed by atoms with Gasteiger partial charge >= 0.3 is 12.0 Å². The van der Waals surface area contributed by atoms with Crippen molar-refractivity contribution in [3.63, 3.8) is 0 Å². The fourth-order valence-corrected chi connectivity index (χ4v) is 2.59. The molecule has 2 atom stereocenters. The van der Waals surface area contributed by atoms with Gasteiger partial charge in [-0.2, -0.15) is 0 Å². The fourth-order valence-electron chi connectivity index (χ4n) is 2.59. The van der Waals surface area contributed by atoms with Crippen molar-refractivity contribution in [2.45, 2.75) is 51.7 Å². The lowest BCUT2D eigenvalue weighted by atomic mass is 9.92. The SMILES string of the molecule is CCC(CC)(NC(=O)N1CCC(C)C(OC)C1)C(=O)O. The molecular formula is C14H26N2O4. The monoisotopic (exact) mass is 286 g/mol. The molecule has 0 aromatic carbocycles. The summed E-state index contributed by atoms with van der Waals surface area (Å²) in [5.74, 6) is -0.574. The lowest BCUT2D eigenvalue weighted by Crippen LogP contribution is -2.59. The normalized spacial score (nSPS) is 23.5. The van der Waals surface area contributed by atoms with Crippen LogP contribution < -0.4 is 5.32 Å². The molecule has 1 fully saturated rings. The number of carbonyl (C=O) groups excluding carboxylic acids is 1. The van der Waals surface area contributed by atoms with Gasteiger partial charge in [-0.15, -0.1) is 0 Å². The van der Waals surface area contributed by atoms with Crippen molar-refractivity contribution < 1.29 is 19.4 Å². The Morgan fingerprint density at radius 1 is 1.40 bits per heavy atom. The summed E-state index contributed by atoms with van der Waals surface area (Å²) in [5, 5.41) is 12.0. The quantitative estimate of drug-likeness (QED) is 0.806. The van der Waals surface area contributed by atoms with Crippen LogP contribution in [0.15, 0.2) is 0 Å². The van der Waals surface area contributed by atoms with Crippen molar-refractivity contribution in [1.82, 2.24) is 10.2 Å². The van der Waals surface area contributed by atoms with Gasteiger partial charge in [-0.05, 0) is 25.2 Å². The molecule has 2 N–H and O–H groups in total. The number of carbonyl (C=O) groups is 2. The predicted octanol–water partition coefficient (Wildman–Crippen LogP) is 1.70. The van der Waals surface area contributed by atoms with Gasteiger partial charge in [-0.1, -0.05) is 20.8 Å². The number of hydrogen-bond donors (Lipinski definition) is 2. The molecule has 1 aliphatic rings. The Hall–Kier alpha value is -1.30. The first-order chi connectivity index (χ1) is 9.40. The molecule has 0 aliphatic carbocycles. The fraction of sp³-hybridized carbons (Fsp3) is 0.857. The first-order valence-corrected chi connectivity index (χ1v) is 7.23. The highest BCUT2D eigenvalue weighted by Crippen LogP contribution is 2.21. The molecular weight excluding hydrogens is 260 g/mol. The molecule has 1 heterocycles. The molecule has 1 rings (SSSR count). The van der Waals surface area contributed by atoms with Crippen LogP contribution in [-0.2, 0) is 9.53 Å². The molecule has 0 bridgehead atoms. The van der Waals surface area contributed by atoms with Crippen LogP contribution >= 0.6 is 0 Å². The first-order valence-electron chi connectivity index (χ1n) is 7.23. The van der Waals surface area contributed by atoms with E-state index in [1.165, 1.54) is 0 Å². The van der Waals surface area contributed by atoms with Crippen molar-refractivity contribution >= 4 is 12.0 Å². The van der Waals surface area contributed by atoms with Crippen LogP contribution in [0.4, 0.5) is 4.79 Å². The van der Waals surface area contributed by atoms with Gasteiger partial charge in [0.2, 0.25) is 0 Å². The maximum atomic E-state index is 12.3. The van der Waals surface area contributed by atoms with Crippen LogP contribution in [0.5, 0.6) is 0 Å². The third-order valence-corrected chi connectivity index (χ3v) is 4.44. The summed E-state index contributed by atoms with van der Waals surface area (Å²) in [5.41, 5.74) is -1.18. The van der Waals surface area contributed by atoms with Gasteiger partial charge in [-0.3, -0.25) is 0 Å². The summed E-state index contributed by atoms with van der Waals surface area (Å²) >= 11 is 0. The van der Waals surface area contributed by atoms with Crippen LogP contribution in [0.25, 0.3) is 0 Å². The van der Waals surface area contributed by atoms with Crippen molar-refractivity contribution in [2.75, 3.05) is 20.2 Å². The molecule has 6 nitrogen and oxygen atoms in total. The van der Waals surface area contributed by atoms with E-state index in [4.69, 9.17) is 4.74 Å². The minimum Gasteiger partial charge on any atom is -0.480 e.